The van der Waals surface area contributed by atoms with Crippen LogP contribution in [0.15, 0.2) is 24.3 Å². The van der Waals surface area contributed by atoms with Crippen molar-refractivity contribution in [1.82, 2.24) is 0 Å². The lowest BCUT2D eigenvalue weighted by Gasteiger charge is -2.21. The molecule has 16 heavy (non-hydrogen) atoms. The van der Waals surface area contributed by atoms with Gasteiger partial charge in [-0.2, -0.15) is 0 Å². The lowest BCUT2D eigenvalue weighted by molar-refractivity contribution is -0.115. The van der Waals surface area contributed by atoms with E-state index < -0.39 is 0 Å². The van der Waals surface area contributed by atoms with Crippen molar-refractivity contribution < 1.29 is 4.79 Å². The molecule has 0 amide bonds. The lowest BCUT2D eigenvalue weighted by atomic mass is 9.82. The molecule has 1 nitrogen and oxygen atoms in total. The second-order valence-corrected chi connectivity index (χ2v) is 5.20. The van der Waals surface area contributed by atoms with Gasteiger partial charge < -0.3 is 4.79 Å². The highest BCUT2D eigenvalue weighted by Crippen LogP contribution is 2.24. The van der Waals surface area contributed by atoms with E-state index in [1.54, 1.807) is 0 Å². The molecule has 1 unspecified atom stereocenters. The first-order valence-electron chi connectivity index (χ1n) is 6.06. The summed E-state index contributed by atoms with van der Waals surface area (Å²) in [4.78, 5) is 11.0. The summed E-state index contributed by atoms with van der Waals surface area (Å²) in [6, 6.07) is 8.63. The molecule has 1 atom stereocenters. The van der Waals surface area contributed by atoms with E-state index in [9.17, 15) is 4.79 Å². The third kappa shape index (κ3) is 3.19. The summed E-state index contributed by atoms with van der Waals surface area (Å²) in [5, 5.41) is 0. The van der Waals surface area contributed by atoms with Crippen LogP contribution in [-0.2, 0) is 11.2 Å². The number of carbonyl (C=O) groups is 1. The summed E-state index contributed by atoms with van der Waals surface area (Å²) in [5.41, 5.74) is 2.40. The highest BCUT2D eigenvalue weighted by molar-refractivity contribution is 5.59. The predicted molar refractivity (Wildman–Crippen MR) is 68.7 cm³/mol. The molecule has 0 aliphatic heterocycles. The van der Waals surface area contributed by atoms with Crippen LogP contribution in [0.5, 0.6) is 0 Å². The van der Waals surface area contributed by atoms with Gasteiger partial charge in [0.25, 0.3) is 0 Å². The van der Waals surface area contributed by atoms with E-state index in [4.69, 9.17) is 0 Å². The average molecular weight is 218 g/mol. The first-order valence-corrected chi connectivity index (χ1v) is 6.06. The van der Waals surface area contributed by atoms with Gasteiger partial charge in [-0.3, -0.25) is 0 Å². The smallest absolute Gasteiger partial charge is 0.126 e. The summed E-state index contributed by atoms with van der Waals surface area (Å²) >= 11 is 0. The summed E-state index contributed by atoms with van der Waals surface area (Å²) in [7, 11) is 0. The Bertz CT molecular complexity index is 337. The Morgan fingerprint density at radius 1 is 1.25 bits per heavy atom. The summed E-state index contributed by atoms with van der Waals surface area (Å²) < 4.78 is 0. The van der Waals surface area contributed by atoms with Crippen molar-refractivity contribution in [2.75, 3.05) is 0 Å². The zero-order chi connectivity index (χ0) is 12.2. The fourth-order valence-corrected chi connectivity index (χ4v) is 1.74. The van der Waals surface area contributed by atoms with Gasteiger partial charge in [-0.25, -0.2) is 0 Å². The maximum absolute atomic E-state index is 11.0. The molecule has 0 aliphatic rings. The number of hydrogen-bond acceptors (Lipinski definition) is 1. The summed E-state index contributed by atoms with van der Waals surface area (Å²) in [6.07, 6.45) is 2.82. The highest BCUT2D eigenvalue weighted by Gasteiger charge is 2.21. The highest BCUT2D eigenvalue weighted by atomic mass is 16.1. The van der Waals surface area contributed by atoms with Crippen LogP contribution in [0.2, 0.25) is 0 Å². The zero-order valence-corrected chi connectivity index (χ0v) is 10.8. The van der Waals surface area contributed by atoms with Gasteiger partial charge in [-0.1, -0.05) is 52.0 Å². The first kappa shape index (κ1) is 13.0. The molecule has 1 heteroatoms. The van der Waals surface area contributed by atoms with E-state index >= 15 is 0 Å². The van der Waals surface area contributed by atoms with Gasteiger partial charge >= 0.3 is 0 Å². The molecule has 0 saturated heterocycles. The van der Waals surface area contributed by atoms with Crippen molar-refractivity contribution in [2.45, 2.75) is 46.5 Å². The molecule has 0 bridgehead atoms. The van der Waals surface area contributed by atoms with Crippen LogP contribution < -0.4 is 0 Å². The number of carbonyl (C=O) groups excluding carboxylic acids is 1. The molecule has 0 spiro atoms. The lowest BCUT2D eigenvalue weighted by Crippen LogP contribution is -2.20. The van der Waals surface area contributed by atoms with Crippen LogP contribution >= 0.6 is 0 Å². The topological polar surface area (TPSA) is 17.1 Å². The molecule has 1 rings (SSSR count). The normalized spacial score (nSPS) is 14.8. The number of benzene rings is 1. The first-order chi connectivity index (χ1) is 7.50. The SMILES string of the molecule is CCC(C)(C=O)Cc1ccc(C(C)C)cc1. The molecule has 0 N–H and O–H groups in total. The summed E-state index contributed by atoms with van der Waals surface area (Å²) in [6.45, 7) is 8.47. The third-order valence-corrected chi connectivity index (χ3v) is 3.35. The van der Waals surface area contributed by atoms with Gasteiger partial charge in [0.2, 0.25) is 0 Å². The van der Waals surface area contributed by atoms with Crippen LogP contribution in [0.25, 0.3) is 0 Å². The minimum Gasteiger partial charge on any atom is -0.303 e. The van der Waals surface area contributed by atoms with E-state index in [1.807, 2.05) is 6.92 Å². The quantitative estimate of drug-likeness (QED) is 0.683. The van der Waals surface area contributed by atoms with Gasteiger partial charge in [0.1, 0.15) is 6.29 Å². The molecular formula is C15H22O. The number of aldehydes is 1. The van der Waals surface area contributed by atoms with Crippen molar-refractivity contribution in [3.63, 3.8) is 0 Å². The van der Waals surface area contributed by atoms with E-state index in [-0.39, 0.29) is 5.41 Å². The minimum absolute atomic E-state index is 0.209. The van der Waals surface area contributed by atoms with Crippen LogP contribution in [0.3, 0.4) is 0 Å². The maximum Gasteiger partial charge on any atom is 0.126 e. The Morgan fingerprint density at radius 2 is 1.81 bits per heavy atom. The summed E-state index contributed by atoms with van der Waals surface area (Å²) in [5.74, 6) is 0.567. The van der Waals surface area contributed by atoms with Crippen molar-refractivity contribution >= 4 is 6.29 Å². The molecule has 88 valence electrons. The van der Waals surface area contributed by atoms with Crippen molar-refractivity contribution in [1.29, 1.82) is 0 Å². The van der Waals surface area contributed by atoms with E-state index in [1.165, 1.54) is 11.1 Å². The molecule has 1 aromatic carbocycles. The van der Waals surface area contributed by atoms with E-state index in [0.29, 0.717) is 5.92 Å². The fraction of sp³-hybridized carbons (Fsp3) is 0.533. The van der Waals surface area contributed by atoms with Gasteiger partial charge in [0.15, 0.2) is 0 Å². The molecule has 0 aliphatic carbocycles. The van der Waals surface area contributed by atoms with Crippen molar-refractivity contribution in [3.8, 4) is 0 Å². The molecule has 0 saturated carbocycles. The van der Waals surface area contributed by atoms with E-state index in [0.717, 1.165) is 19.1 Å². The number of hydrogen-bond donors (Lipinski definition) is 0. The Labute approximate surface area is 98.9 Å². The maximum atomic E-state index is 11.0. The monoisotopic (exact) mass is 218 g/mol. The Balaban J connectivity index is 2.79. The second-order valence-electron chi connectivity index (χ2n) is 5.20. The van der Waals surface area contributed by atoms with Gasteiger partial charge in [-0.05, 0) is 29.9 Å². The van der Waals surface area contributed by atoms with E-state index in [2.05, 4.69) is 45.0 Å². The third-order valence-electron chi connectivity index (χ3n) is 3.35. The van der Waals surface area contributed by atoms with Crippen molar-refractivity contribution in [3.05, 3.63) is 35.4 Å². The second kappa shape index (κ2) is 5.29. The predicted octanol–water partition coefficient (Wildman–Crippen LogP) is 3.97. The number of rotatable bonds is 5. The van der Waals surface area contributed by atoms with Crippen molar-refractivity contribution in [2.24, 2.45) is 5.41 Å². The molecule has 0 radical (unpaired) electrons. The average Bonchev–Trinajstić information content (AvgIpc) is 2.29. The van der Waals surface area contributed by atoms with Crippen LogP contribution in [0, 0.1) is 5.41 Å². The Hall–Kier alpha value is -1.11. The minimum atomic E-state index is -0.209. The van der Waals surface area contributed by atoms with Gasteiger partial charge in [0.05, 0.1) is 0 Å². The molecular weight excluding hydrogens is 196 g/mol. The van der Waals surface area contributed by atoms with Crippen LogP contribution in [-0.4, -0.2) is 6.29 Å². The van der Waals surface area contributed by atoms with Gasteiger partial charge in [-0.15, -0.1) is 0 Å². The van der Waals surface area contributed by atoms with Crippen LogP contribution in [0.1, 0.15) is 51.2 Å². The zero-order valence-electron chi connectivity index (χ0n) is 10.8. The van der Waals surface area contributed by atoms with Gasteiger partial charge in [0, 0.05) is 5.41 Å². The largest absolute Gasteiger partial charge is 0.303 e. The van der Waals surface area contributed by atoms with Crippen LogP contribution in [0.4, 0.5) is 0 Å². The standard InChI is InChI=1S/C15H22O/c1-5-15(4,11-16)10-13-6-8-14(9-7-13)12(2)3/h6-9,11-12H,5,10H2,1-4H3. The Morgan fingerprint density at radius 3 is 2.19 bits per heavy atom. The molecule has 0 heterocycles. The molecule has 1 aromatic rings. The molecule has 0 fully saturated rings. The Kier molecular flexibility index (Phi) is 4.28. The molecule has 0 aromatic heterocycles. The fourth-order valence-electron chi connectivity index (χ4n) is 1.74.